The minimum Gasteiger partial charge on any atom is -0.258 e. The van der Waals surface area contributed by atoms with Crippen molar-refractivity contribution in [2.45, 2.75) is 0 Å². The van der Waals surface area contributed by atoms with Gasteiger partial charge in [-0.25, -0.2) is 0 Å². The number of nitrogens with zero attached hydrogens (tertiary/aromatic N) is 1. The quantitative estimate of drug-likeness (QED) is 0.167. The highest BCUT2D eigenvalue weighted by molar-refractivity contribution is 7.27. The highest BCUT2D eigenvalue weighted by atomic mass is 32.1. The molecule has 0 radical (unpaired) electrons. The molecule has 6 aromatic rings. The van der Waals surface area contributed by atoms with E-state index in [-0.39, 0.29) is 10.6 Å². The number of benzene rings is 5. The summed E-state index contributed by atoms with van der Waals surface area (Å²) in [5.74, 6) is 0. The Morgan fingerprint density at radius 1 is 0.667 bits per heavy atom. The Morgan fingerprint density at radius 2 is 1.37 bits per heavy atom. The first kappa shape index (κ1) is 17.1. The maximum atomic E-state index is 11.6. The molecule has 142 valence electrons. The lowest BCUT2D eigenvalue weighted by Gasteiger charge is -2.10. The standard InChI is InChI=1S/C26H15NO2S/c28-27(29)23-11-5-3-7-17(23)16-13-14-19-22(15-16)18-8-1-2-9-20(18)26-25(19)21-10-4-6-12-24(21)30-26/h1-15H. The van der Waals surface area contributed by atoms with E-state index in [4.69, 9.17) is 0 Å². The van der Waals surface area contributed by atoms with Crippen LogP contribution < -0.4 is 0 Å². The molecule has 6 rings (SSSR count). The van der Waals surface area contributed by atoms with Gasteiger partial charge in [-0.2, -0.15) is 0 Å². The summed E-state index contributed by atoms with van der Waals surface area (Å²) in [4.78, 5) is 11.3. The molecule has 0 unspecified atom stereocenters. The Kier molecular flexibility index (Phi) is 3.64. The average Bonchev–Trinajstić information content (AvgIpc) is 3.19. The highest BCUT2D eigenvalue weighted by Gasteiger charge is 2.17. The first-order valence-electron chi connectivity index (χ1n) is 9.72. The van der Waals surface area contributed by atoms with Crippen LogP contribution in [-0.4, -0.2) is 4.92 Å². The first-order valence-corrected chi connectivity index (χ1v) is 10.5. The summed E-state index contributed by atoms with van der Waals surface area (Å²) in [6, 6.07) is 30.1. The molecule has 0 aliphatic carbocycles. The molecular weight excluding hydrogens is 390 g/mol. The fraction of sp³-hybridized carbons (Fsp3) is 0. The molecule has 0 aliphatic heterocycles. The van der Waals surface area contributed by atoms with E-state index in [1.807, 2.05) is 29.5 Å². The monoisotopic (exact) mass is 405 g/mol. The van der Waals surface area contributed by atoms with Crippen molar-refractivity contribution in [1.82, 2.24) is 0 Å². The van der Waals surface area contributed by atoms with Crippen molar-refractivity contribution >= 4 is 58.7 Å². The van der Waals surface area contributed by atoms with Crippen molar-refractivity contribution in [3.63, 3.8) is 0 Å². The highest BCUT2D eigenvalue weighted by Crippen LogP contribution is 2.45. The Bertz CT molecular complexity index is 1630. The molecular formula is C26H15NO2S. The molecule has 3 nitrogen and oxygen atoms in total. The van der Waals surface area contributed by atoms with E-state index in [2.05, 4.69) is 60.7 Å². The molecule has 30 heavy (non-hydrogen) atoms. The second kappa shape index (κ2) is 6.37. The zero-order valence-electron chi connectivity index (χ0n) is 15.8. The van der Waals surface area contributed by atoms with Crippen molar-refractivity contribution < 1.29 is 4.92 Å². The summed E-state index contributed by atoms with van der Waals surface area (Å²) in [7, 11) is 0. The topological polar surface area (TPSA) is 43.1 Å². The van der Waals surface area contributed by atoms with Crippen molar-refractivity contribution in [2.75, 3.05) is 0 Å². The normalized spacial score (nSPS) is 11.6. The van der Waals surface area contributed by atoms with E-state index in [0.29, 0.717) is 5.56 Å². The van der Waals surface area contributed by atoms with E-state index >= 15 is 0 Å². The predicted molar refractivity (Wildman–Crippen MR) is 126 cm³/mol. The fourth-order valence-electron chi connectivity index (χ4n) is 4.45. The van der Waals surface area contributed by atoms with Crippen LogP contribution >= 0.6 is 11.3 Å². The van der Waals surface area contributed by atoms with Gasteiger partial charge in [-0.1, -0.05) is 66.7 Å². The second-order valence-electron chi connectivity index (χ2n) is 7.38. The third-order valence-electron chi connectivity index (χ3n) is 5.76. The van der Waals surface area contributed by atoms with E-state index < -0.39 is 0 Å². The lowest BCUT2D eigenvalue weighted by atomic mass is 9.93. The molecule has 4 heteroatoms. The Balaban J connectivity index is 1.79. The average molecular weight is 405 g/mol. The van der Waals surface area contributed by atoms with Gasteiger partial charge in [0, 0.05) is 31.6 Å². The number of rotatable bonds is 2. The molecule has 1 heterocycles. The van der Waals surface area contributed by atoms with Crippen LogP contribution in [0.2, 0.25) is 0 Å². The summed E-state index contributed by atoms with van der Waals surface area (Å²) in [5.41, 5.74) is 1.63. The Morgan fingerprint density at radius 3 is 2.20 bits per heavy atom. The Hall–Kier alpha value is -3.76. The van der Waals surface area contributed by atoms with Crippen molar-refractivity contribution in [3.8, 4) is 11.1 Å². The molecule has 0 aliphatic rings. The molecule has 0 fully saturated rings. The van der Waals surface area contributed by atoms with E-state index in [1.165, 1.54) is 36.3 Å². The van der Waals surface area contributed by atoms with E-state index in [9.17, 15) is 10.1 Å². The van der Waals surface area contributed by atoms with Gasteiger partial charge in [0.25, 0.3) is 5.69 Å². The minimum absolute atomic E-state index is 0.128. The van der Waals surface area contributed by atoms with Crippen molar-refractivity contribution in [1.29, 1.82) is 0 Å². The first-order chi connectivity index (χ1) is 14.7. The second-order valence-corrected chi connectivity index (χ2v) is 8.43. The fourth-order valence-corrected chi connectivity index (χ4v) is 5.70. The zero-order valence-corrected chi connectivity index (χ0v) is 16.6. The van der Waals surface area contributed by atoms with Gasteiger partial charge >= 0.3 is 0 Å². The van der Waals surface area contributed by atoms with Crippen molar-refractivity contribution in [3.05, 3.63) is 101 Å². The van der Waals surface area contributed by atoms with Gasteiger partial charge in [0.1, 0.15) is 0 Å². The number of nitro benzene ring substituents is 1. The van der Waals surface area contributed by atoms with Gasteiger partial charge < -0.3 is 0 Å². The van der Waals surface area contributed by atoms with E-state index in [0.717, 1.165) is 10.9 Å². The maximum absolute atomic E-state index is 11.6. The molecule has 0 atom stereocenters. The molecule has 0 saturated carbocycles. The van der Waals surface area contributed by atoms with Gasteiger partial charge in [-0.05, 0) is 39.9 Å². The third kappa shape index (κ3) is 2.38. The van der Waals surface area contributed by atoms with Crippen LogP contribution in [0.15, 0.2) is 91.0 Å². The lowest BCUT2D eigenvalue weighted by Crippen LogP contribution is -1.91. The summed E-state index contributed by atoms with van der Waals surface area (Å²) < 4.78 is 2.56. The van der Waals surface area contributed by atoms with Gasteiger partial charge in [0.05, 0.1) is 10.5 Å². The van der Waals surface area contributed by atoms with Crippen LogP contribution in [0, 0.1) is 10.1 Å². The number of hydrogen-bond acceptors (Lipinski definition) is 3. The van der Waals surface area contributed by atoms with Crippen LogP contribution in [0.4, 0.5) is 5.69 Å². The number of hydrogen-bond donors (Lipinski definition) is 0. The molecule has 0 amide bonds. The van der Waals surface area contributed by atoms with Gasteiger partial charge in [-0.15, -0.1) is 11.3 Å². The SMILES string of the molecule is O=[N+]([O-])c1ccccc1-c1ccc2c(c1)c1ccccc1c1sc3ccccc3c21. The summed E-state index contributed by atoms with van der Waals surface area (Å²) in [6.07, 6.45) is 0. The number of thiophene rings is 1. The van der Waals surface area contributed by atoms with Crippen LogP contribution in [0.3, 0.4) is 0 Å². The summed E-state index contributed by atoms with van der Waals surface area (Å²) >= 11 is 1.82. The molecule has 0 N–H and O–H groups in total. The number of nitro groups is 1. The molecule has 1 aromatic heterocycles. The molecule has 0 bridgehead atoms. The Labute approximate surface area is 176 Å². The number of fused-ring (bicyclic) bond motifs is 8. The smallest absolute Gasteiger partial charge is 0.258 e. The van der Waals surface area contributed by atoms with Gasteiger partial charge in [0.2, 0.25) is 0 Å². The molecule has 0 spiro atoms. The van der Waals surface area contributed by atoms with Gasteiger partial charge in [-0.3, -0.25) is 10.1 Å². The van der Waals surface area contributed by atoms with Crippen LogP contribution in [0.25, 0.3) is 52.8 Å². The molecule has 5 aromatic carbocycles. The molecule has 0 saturated heterocycles. The van der Waals surface area contributed by atoms with Crippen LogP contribution in [0.1, 0.15) is 0 Å². The largest absolute Gasteiger partial charge is 0.277 e. The third-order valence-corrected chi connectivity index (χ3v) is 6.96. The minimum atomic E-state index is -0.312. The van der Waals surface area contributed by atoms with E-state index in [1.54, 1.807) is 12.1 Å². The summed E-state index contributed by atoms with van der Waals surface area (Å²) in [5, 5.41) is 18.8. The predicted octanol–water partition coefficient (Wildman–Crippen LogP) is 7.94. The van der Waals surface area contributed by atoms with Crippen LogP contribution in [-0.2, 0) is 0 Å². The number of para-hydroxylation sites is 1. The van der Waals surface area contributed by atoms with Gasteiger partial charge in [0.15, 0.2) is 0 Å². The van der Waals surface area contributed by atoms with Crippen LogP contribution in [0.5, 0.6) is 0 Å². The maximum Gasteiger partial charge on any atom is 0.277 e. The van der Waals surface area contributed by atoms with Crippen molar-refractivity contribution in [2.24, 2.45) is 0 Å². The lowest BCUT2D eigenvalue weighted by molar-refractivity contribution is -0.384. The summed E-state index contributed by atoms with van der Waals surface area (Å²) in [6.45, 7) is 0. The zero-order chi connectivity index (χ0) is 20.2.